The lowest BCUT2D eigenvalue weighted by Gasteiger charge is -2.13. The first kappa shape index (κ1) is 13.2. The van der Waals surface area contributed by atoms with E-state index in [-0.39, 0.29) is 6.54 Å². The molecule has 6 N–H and O–H groups in total. The molecular formula is C10H17N5O2. The molecule has 0 fully saturated rings. The van der Waals surface area contributed by atoms with E-state index < -0.39 is 12.0 Å². The van der Waals surface area contributed by atoms with Gasteiger partial charge in [0, 0.05) is 5.56 Å². The van der Waals surface area contributed by atoms with Crippen LogP contribution in [0.25, 0.3) is 0 Å². The molecule has 17 heavy (non-hydrogen) atoms. The van der Waals surface area contributed by atoms with E-state index in [1.54, 1.807) is 0 Å². The number of amides is 1. The molecule has 0 saturated carbocycles. The van der Waals surface area contributed by atoms with Gasteiger partial charge in [-0.1, -0.05) is 13.3 Å². The molecule has 0 radical (unpaired) electrons. The number of carbonyl (C=O) groups excluding carboxylic acids is 1. The summed E-state index contributed by atoms with van der Waals surface area (Å²) in [5, 5.41) is 12.1. The Kier molecular flexibility index (Phi) is 4.65. The second kappa shape index (κ2) is 6.00. The maximum absolute atomic E-state index is 10.7. The van der Waals surface area contributed by atoms with Gasteiger partial charge in [-0.15, -0.1) is 0 Å². The van der Waals surface area contributed by atoms with Crippen LogP contribution in [0.5, 0.6) is 0 Å². The maximum atomic E-state index is 10.7. The van der Waals surface area contributed by atoms with Gasteiger partial charge in [-0.05, 0) is 6.42 Å². The van der Waals surface area contributed by atoms with Crippen molar-refractivity contribution in [2.45, 2.75) is 25.9 Å². The van der Waals surface area contributed by atoms with E-state index in [1.165, 1.54) is 6.33 Å². The zero-order valence-electron chi connectivity index (χ0n) is 9.68. The number of hydrogen-bond donors (Lipinski definition) is 4. The predicted molar refractivity (Wildman–Crippen MR) is 64.1 cm³/mol. The van der Waals surface area contributed by atoms with Gasteiger partial charge in [0.05, 0.1) is 6.54 Å². The van der Waals surface area contributed by atoms with Crippen LogP contribution in [0.3, 0.4) is 0 Å². The molecule has 0 saturated heterocycles. The van der Waals surface area contributed by atoms with Crippen molar-refractivity contribution in [2.75, 3.05) is 17.6 Å². The molecule has 0 bridgehead atoms. The van der Waals surface area contributed by atoms with Crippen molar-refractivity contribution in [1.82, 2.24) is 9.97 Å². The second-order valence-corrected chi connectivity index (χ2v) is 3.64. The third-order valence-corrected chi connectivity index (χ3v) is 2.27. The number of nitrogens with zero attached hydrogens (tertiary/aromatic N) is 2. The van der Waals surface area contributed by atoms with Gasteiger partial charge in [0.1, 0.15) is 24.1 Å². The van der Waals surface area contributed by atoms with Crippen LogP contribution < -0.4 is 16.8 Å². The Labute approximate surface area is 99.2 Å². The van der Waals surface area contributed by atoms with Crippen molar-refractivity contribution in [3.63, 3.8) is 0 Å². The minimum Gasteiger partial charge on any atom is -0.383 e. The van der Waals surface area contributed by atoms with Crippen LogP contribution in [0, 0.1) is 0 Å². The van der Waals surface area contributed by atoms with Crippen molar-refractivity contribution < 1.29 is 9.90 Å². The van der Waals surface area contributed by atoms with Gasteiger partial charge in [-0.2, -0.15) is 0 Å². The standard InChI is InChI=1S/C10H17N5O2/c1-2-3-6-8(11)14-5-15-10(6)13-4-7(16)9(12)17/h5,7,16H,2-4H2,1H3,(H2,12,17)(H3,11,13,14,15). The molecule has 1 atom stereocenters. The summed E-state index contributed by atoms with van der Waals surface area (Å²) in [5.41, 5.74) is 11.5. The first-order valence-electron chi connectivity index (χ1n) is 5.36. The van der Waals surface area contributed by atoms with E-state index in [9.17, 15) is 9.90 Å². The van der Waals surface area contributed by atoms with Crippen molar-refractivity contribution in [3.8, 4) is 0 Å². The van der Waals surface area contributed by atoms with Crippen molar-refractivity contribution in [1.29, 1.82) is 0 Å². The van der Waals surface area contributed by atoms with Gasteiger partial charge in [0.25, 0.3) is 0 Å². The van der Waals surface area contributed by atoms with Gasteiger partial charge in [0.2, 0.25) is 5.91 Å². The highest BCUT2D eigenvalue weighted by Gasteiger charge is 2.13. The second-order valence-electron chi connectivity index (χ2n) is 3.64. The van der Waals surface area contributed by atoms with Gasteiger partial charge in [0.15, 0.2) is 0 Å². The molecule has 94 valence electrons. The number of anilines is 2. The van der Waals surface area contributed by atoms with E-state index in [1.807, 2.05) is 6.92 Å². The van der Waals surface area contributed by atoms with Crippen molar-refractivity contribution in [3.05, 3.63) is 11.9 Å². The van der Waals surface area contributed by atoms with Gasteiger partial charge >= 0.3 is 0 Å². The molecule has 0 aliphatic carbocycles. The lowest BCUT2D eigenvalue weighted by atomic mass is 10.1. The smallest absolute Gasteiger partial charge is 0.248 e. The van der Waals surface area contributed by atoms with E-state index in [2.05, 4.69) is 15.3 Å². The molecule has 7 nitrogen and oxygen atoms in total. The fourth-order valence-electron chi connectivity index (χ4n) is 1.37. The Morgan fingerprint density at radius 3 is 2.88 bits per heavy atom. The Hall–Kier alpha value is -1.89. The Balaban J connectivity index is 2.76. The molecule has 0 aliphatic heterocycles. The van der Waals surface area contributed by atoms with E-state index in [4.69, 9.17) is 11.5 Å². The highest BCUT2D eigenvalue weighted by atomic mass is 16.3. The van der Waals surface area contributed by atoms with Gasteiger partial charge in [-0.25, -0.2) is 9.97 Å². The first-order chi connectivity index (χ1) is 8.06. The summed E-state index contributed by atoms with van der Waals surface area (Å²) in [6.45, 7) is 2.01. The number of carbonyl (C=O) groups is 1. The number of aliphatic hydroxyl groups excluding tert-OH is 1. The summed E-state index contributed by atoms with van der Waals surface area (Å²) in [5.74, 6) is 0.147. The number of nitrogen functional groups attached to an aromatic ring is 1. The maximum Gasteiger partial charge on any atom is 0.248 e. The van der Waals surface area contributed by atoms with Crippen LogP contribution in [-0.4, -0.2) is 33.6 Å². The monoisotopic (exact) mass is 239 g/mol. The average molecular weight is 239 g/mol. The molecule has 1 unspecified atom stereocenters. The summed E-state index contributed by atoms with van der Waals surface area (Å²) >= 11 is 0. The quantitative estimate of drug-likeness (QED) is 0.518. The third-order valence-electron chi connectivity index (χ3n) is 2.27. The van der Waals surface area contributed by atoms with Crippen molar-refractivity contribution >= 4 is 17.5 Å². The molecule has 0 spiro atoms. The molecule has 1 rings (SSSR count). The summed E-state index contributed by atoms with van der Waals surface area (Å²) in [6.07, 6.45) is 1.69. The lowest BCUT2D eigenvalue weighted by molar-refractivity contribution is -0.125. The third kappa shape index (κ3) is 3.56. The Bertz CT molecular complexity index is 396. The number of hydrogen-bond acceptors (Lipinski definition) is 6. The number of nitrogens with one attached hydrogen (secondary N) is 1. The largest absolute Gasteiger partial charge is 0.383 e. The highest BCUT2D eigenvalue weighted by molar-refractivity contribution is 5.79. The van der Waals surface area contributed by atoms with E-state index >= 15 is 0 Å². The molecule has 1 aromatic heterocycles. The zero-order chi connectivity index (χ0) is 12.8. The number of primary amides is 1. The molecule has 1 amide bonds. The SMILES string of the molecule is CCCc1c(N)ncnc1NCC(O)C(N)=O. The molecular weight excluding hydrogens is 222 g/mol. The minimum absolute atomic E-state index is 0.00248. The average Bonchev–Trinajstić information content (AvgIpc) is 2.29. The van der Waals surface area contributed by atoms with Crippen LogP contribution in [0.15, 0.2) is 6.33 Å². The number of rotatable bonds is 6. The normalized spacial score (nSPS) is 12.1. The molecule has 7 heteroatoms. The first-order valence-corrected chi connectivity index (χ1v) is 5.36. The van der Waals surface area contributed by atoms with Crippen LogP contribution in [0.2, 0.25) is 0 Å². The Morgan fingerprint density at radius 1 is 1.59 bits per heavy atom. The van der Waals surface area contributed by atoms with Crippen LogP contribution in [0.1, 0.15) is 18.9 Å². The van der Waals surface area contributed by atoms with E-state index in [0.717, 1.165) is 18.4 Å². The van der Waals surface area contributed by atoms with Crippen LogP contribution in [0.4, 0.5) is 11.6 Å². The number of aromatic nitrogens is 2. The van der Waals surface area contributed by atoms with Gasteiger partial charge < -0.3 is 21.9 Å². The summed E-state index contributed by atoms with van der Waals surface area (Å²) in [7, 11) is 0. The van der Waals surface area contributed by atoms with Crippen LogP contribution in [-0.2, 0) is 11.2 Å². The molecule has 1 aromatic rings. The van der Waals surface area contributed by atoms with Gasteiger partial charge in [-0.3, -0.25) is 4.79 Å². The fourth-order valence-corrected chi connectivity index (χ4v) is 1.37. The number of aliphatic hydroxyl groups is 1. The molecule has 0 aliphatic rings. The minimum atomic E-state index is -1.25. The summed E-state index contributed by atoms with van der Waals surface area (Å²) in [6, 6.07) is 0. The number of nitrogens with two attached hydrogens (primary N) is 2. The zero-order valence-corrected chi connectivity index (χ0v) is 9.68. The lowest BCUT2D eigenvalue weighted by Crippen LogP contribution is -2.34. The topological polar surface area (TPSA) is 127 Å². The highest BCUT2D eigenvalue weighted by Crippen LogP contribution is 2.18. The summed E-state index contributed by atoms with van der Waals surface area (Å²) in [4.78, 5) is 18.6. The molecule has 0 aromatic carbocycles. The predicted octanol–water partition coefficient (Wildman–Crippen LogP) is -0.731. The van der Waals surface area contributed by atoms with E-state index in [0.29, 0.717) is 11.6 Å². The van der Waals surface area contributed by atoms with Crippen LogP contribution >= 0.6 is 0 Å². The molecule has 1 heterocycles. The van der Waals surface area contributed by atoms with Crippen molar-refractivity contribution in [2.24, 2.45) is 5.73 Å². The summed E-state index contributed by atoms with van der Waals surface area (Å²) < 4.78 is 0. The Morgan fingerprint density at radius 2 is 2.29 bits per heavy atom. The fraction of sp³-hybridized carbons (Fsp3) is 0.500.